The van der Waals surface area contributed by atoms with Crippen LogP contribution >= 0.6 is 0 Å². The minimum absolute atomic E-state index is 0.0400. The van der Waals surface area contributed by atoms with E-state index in [0.717, 1.165) is 5.56 Å². The van der Waals surface area contributed by atoms with Gasteiger partial charge in [-0.2, -0.15) is 0 Å². The highest BCUT2D eigenvalue weighted by molar-refractivity contribution is 7.92. The summed E-state index contributed by atoms with van der Waals surface area (Å²) in [5.74, 6) is -1.22. The van der Waals surface area contributed by atoms with Crippen molar-refractivity contribution in [1.29, 1.82) is 0 Å². The van der Waals surface area contributed by atoms with Gasteiger partial charge in [-0.15, -0.1) is 0 Å². The van der Waals surface area contributed by atoms with Crippen molar-refractivity contribution in [3.8, 4) is 11.3 Å². The number of furan rings is 1. The number of amides is 1. The molecule has 1 atom stereocenters. The Kier molecular flexibility index (Phi) is 8.91. The van der Waals surface area contributed by atoms with Crippen molar-refractivity contribution in [1.82, 2.24) is 9.62 Å². The average molecular weight is 628 g/mol. The van der Waals surface area contributed by atoms with Gasteiger partial charge in [0.05, 0.1) is 22.8 Å². The number of aryl methyl sites for hydroxylation is 1. The molecule has 0 aliphatic carbocycles. The smallest absolute Gasteiger partial charge is 0.255 e. The number of halogens is 1. The molecule has 4 aromatic rings. The van der Waals surface area contributed by atoms with Crippen LogP contribution < -0.4 is 10.0 Å². The van der Waals surface area contributed by atoms with E-state index in [1.807, 2.05) is 30.3 Å². The Morgan fingerprint density at radius 2 is 1.77 bits per heavy atom. The fraction of sp³-hybridized carbons (Fsp3) is 0.323. The Labute approximate surface area is 251 Å². The molecule has 0 unspecified atom stereocenters. The second-order valence-electron chi connectivity index (χ2n) is 10.6. The van der Waals surface area contributed by atoms with Gasteiger partial charge in [0.1, 0.15) is 17.2 Å². The number of hydrogen-bond donors (Lipinski definition) is 2. The maximum Gasteiger partial charge on any atom is 0.255 e. The quantitative estimate of drug-likeness (QED) is 0.252. The first-order valence-corrected chi connectivity index (χ1v) is 17.4. The van der Waals surface area contributed by atoms with Crippen LogP contribution in [0.25, 0.3) is 22.3 Å². The molecular formula is C31H34FN3O6S2. The van der Waals surface area contributed by atoms with Crippen LogP contribution in [0, 0.1) is 5.82 Å². The lowest BCUT2D eigenvalue weighted by atomic mass is 9.89. The van der Waals surface area contributed by atoms with Crippen LogP contribution in [0.1, 0.15) is 47.2 Å². The number of carbonyl (C=O) groups is 1. The predicted molar refractivity (Wildman–Crippen MR) is 166 cm³/mol. The van der Waals surface area contributed by atoms with Gasteiger partial charge in [0.15, 0.2) is 0 Å². The van der Waals surface area contributed by atoms with Crippen molar-refractivity contribution in [3.63, 3.8) is 0 Å². The number of benzene rings is 3. The molecule has 0 bridgehead atoms. The van der Waals surface area contributed by atoms with Crippen LogP contribution in [0.5, 0.6) is 0 Å². The monoisotopic (exact) mass is 627 g/mol. The summed E-state index contributed by atoms with van der Waals surface area (Å²) in [5.41, 5.74) is 2.73. The SMILES string of the molecule is CCS(=O)(=O)Nc1cc2oc(-c3ccc(F)cc3)c(C(=O)NC)c2cc1[C@H]1CCCN(S(=O)(=O)CCc2ccccc2)C1. The fourth-order valence-electron chi connectivity index (χ4n) is 5.45. The highest BCUT2D eigenvalue weighted by Crippen LogP contribution is 2.41. The molecule has 1 aromatic heterocycles. The van der Waals surface area contributed by atoms with Crippen molar-refractivity contribution >= 4 is 42.6 Å². The van der Waals surface area contributed by atoms with E-state index in [0.29, 0.717) is 42.3 Å². The molecule has 1 fully saturated rings. The zero-order valence-electron chi connectivity index (χ0n) is 24.0. The number of nitrogens with zero attached hydrogens (tertiary/aromatic N) is 1. The van der Waals surface area contributed by atoms with Crippen LogP contribution in [0.4, 0.5) is 10.1 Å². The molecule has 2 heterocycles. The molecule has 228 valence electrons. The summed E-state index contributed by atoms with van der Waals surface area (Å²) >= 11 is 0. The minimum Gasteiger partial charge on any atom is -0.455 e. The molecule has 0 saturated carbocycles. The third-order valence-electron chi connectivity index (χ3n) is 7.78. The maximum absolute atomic E-state index is 13.7. The maximum atomic E-state index is 13.7. The summed E-state index contributed by atoms with van der Waals surface area (Å²) in [7, 11) is -5.82. The molecule has 1 aliphatic rings. The molecule has 1 amide bonds. The molecule has 0 radical (unpaired) electrons. The van der Waals surface area contributed by atoms with E-state index in [1.54, 1.807) is 12.1 Å². The van der Waals surface area contributed by atoms with Gasteiger partial charge in [-0.05, 0) is 73.6 Å². The summed E-state index contributed by atoms with van der Waals surface area (Å²) in [6.45, 7) is 2.06. The van der Waals surface area contributed by atoms with E-state index in [9.17, 15) is 26.0 Å². The van der Waals surface area contributed by atoms with E-state index in [4.69, 9.17) is 4.42 Å². The average Bonchev–Trinajstić information content (AvgIpc) is 3.38. The fourth-order valence-corrected chi connectivity index (χ4v) is 7.67. The third kappa shape index (κ3) is 6.76. The van der Waals surface area contributed by atoms with Gasteiger partial charge in [-0.1, -0.05) is 30.3 Å². The molecule has 5 rings (SSSR count). The van der Waals surface area contributed by atoms with Gasteiger partial charge < -0.3 is 9.73 Å². The predicted octanol–water partition coefficient (Wildman–Crippen LogP) is 5.11. The normalized spacial score (nSPS) is 16.3. The molecule has 1 aliphatic heterocycles. The van der Waals surface area contributed by atoms with Gasteiger partial charge in [0.2, 0.25) is 20.0 Å². The van der Waals surface area contributed by atoms with Crippen LogP contribution in [0.2, 0.25) is 0 Å². The lowest BCUT2D eigenvalue weighted by molar-refractivity contribution is 0.0964. The summed E-state index contributed by atoms with van der Waals surface area (Å²) in [6, 6.07) is 18.2. The Morgan fingerprint density at radius 1 is 1.05 bits per heavy atom. The van der Waals surface area contributed by atoms with Crippen molar-refractivity contribution in [2.45, 2.75) is 32.1 Å². The van der Waals surface area contributed by atoms with Crippen LogP contribution in [-0.4, -0.2) is 58.7 Å². The van der Waals surface area contributed by atoms with Crippen LogP contribution in [-0.2, 0) is 26.5 Å². The van der Waals surface area contributed by atoms with Crippen molar-refractivity contribution < 1.29 is 30.4 Å². The summed E-state index contributed by atoms with van der Waals surface area (Å²) in [4.78, 5) is 13.1. The van der Waals surface area contributed by atoms with Gasteiger partial charge in [0, 0.05) is 37.2 Å². The molecule has 0 spiro atoms. The van der Waals surface area contributed by atoms with Gasteiger partial charge in [-0.25, -0.2) is 25.5 Å². The number of carbonyl (C=O) groups excluding carboxylic acids is 1. The Bertz CT molecular complexity index is 1840. The Balaban J connectivity index is 1.57. The van der Waals surface area contributed by atoms with Crippen molar-refractivity contribution in [2.24, 2.45) is 0 Å². The van der Waals surface area contributed by atoms with Gasteiger partial charge in [0.25, 0.3) is 5.91 Å². The van der Waals surface area contributed by atoms with E-state index in [2.05, 4.69) is 10.0 Å². The first-order valence-electron chi connectivity index (χ1n) is 14.1. The van der Waals surface area contributed by atoms with Crippen LogP contribution in [0.3, 0.4) is 0 Å². The van der Waals surface area contributed by atoms with Crippen molar-refractivity contribution in [2.75, 3.05) is 36.4 Å². The minimum atomic E-state index is -3.71. The number of rotatable bonds is 10. The van der Waals surface area contributed by atoms with E-state index < -0.39 is 31.8 Å². The van der Waals surface area contributed by atoms with E-state index in [-0.39, 0.29) is 46.6 Å². The van der Waals surface area contributed by atoms with Crippen molar-refractivity contribution in [3.05, 3.63) is 89.2 Å². The zero-order valence-corrected chi connectivity index (χ0v) is 25.6. The summed E-state index contributed by atoms with van der Waals surface area (Å²) in [5, 5.41) is 3.07. The number of anilines is 1. The van der Waals surface area contributed by atoms with Crippen LogP contribution in [0.15, 0.2) is 71.1 Å². The van der Waals surface area contributed by atoms with Gasteiger partial charge >= 0.3 is 0 Å². The highest BCUT2D eigenvalue weighted by atomic mass is 32.2. The van der Waals surface area contributed by atoms with E-state index in [1.165, 1.54) is 42.5 Å². The largest absolute Gasteiger partial charge is 0.455 e. The Hall–Kier alpha value is -3.74. The summed E-state index contributed by atoms with van der Waals surface area (Å²) in [6.07, 6.45) is 1.59. The highest BCUT2D eigenvalue weighted by Gasteiger charge is 2.32. The number of sulfonamides is 2. The molecule has 2 N–H and O–H groups in total. The number of hydrogen-bond acceptors (Lipinski definition) is 6. The van der Waals surface area contributed by atoms with Gasteiger partial charge in [-0.3, -0.25) is 9.52 Å². The first-order chi connectivity index (χ1) is 20.5. The molecule has 3 aromatic carbocycles. The number of piperidine rings is 1. The lowest BCUT2D eigenvalue weighted by Crippen LogP contribution is -2.40. The number of nitrogens with one attached hydrogen (secondary N) is 2. The van der Waals surface area contributed by atoms with E-state index >= 15 is 0 Å². The summed E-state index contributed by atoms with van der Waals surface area (Å²) < 4.78 is 76.1. The second kappa shape index (κ2) is 12.5. The molecular weight excluding hydrogens is 593 g/mol. The lowest BCUT2D eigenvalue weighted by Gasteiger charge is -2.33. The molecule has 9 nitrogen and oxygen atoms in total. The molecule has 1 saturated heterocycles. The third-order valence-corrected chi connectivity index (χ3v) is 10.9. The Morgan fingerprint density at radius 3 is 2.44 bits per heavy atom. The number of fused-ring (bicyclic) bond motifs is 1. The standard InChI is InChI=1S/C31H34FN3O6S2/c1-3-42(37,38)34-27-19-28-26(29(31(36)33-2)30(41-28)22-11-13-24(32)14-12-22)18-25(27)23-10-7-16-35(20-23)43(39,40)17-15-21-8-5-4-6-9-21/h4-6,8-9,11-14,18-19,23,34H,3,7,10,15-17,20H2,1-2H3,(H,33,36)/t23-/m0/s1. The molecule has 43 heavy (non-hydrogen) atoms. The topological polar surface area (TPSA) is 126 Å². The first kappa shape index (κ1) is 30.7. The zero-order chi connectivity index (χ0) is 30.8. The molecule has 12 heteroatoms. The second-order valence-corrected chi connectivity index (χ2v) is 14.7.